The molecule has 0 spiro atoms. The summed E-state index contributed by atoms with van der Waals surface area (Å²) in [7, 11) is 0. The highest BCUT2D eigenvalue weighted by atomic mass is 19.1. The lowest BCUT2D eigenvalue weighted by molar-refractivity contribution is -0.136. The molecule has 3 N–H and O–H groups in total. The summed E-state index contributed by atoms with van der Waals surface area (Å²) in [6, 6.07) is 12.3. The molecule has 0 saturated heterocycles. The molecule has 0 aliphatic heterocycles. The van der Waals surface area contributed by atoms with E-state index in [0.717, 1.165) is 5.56 Å². The molecule has 0 radical (unpaired) electrons. The lowest BCUT2D eigenvalue weighted by Gasteiger charge is -2.06. The van der Waals surface area contributed by atoms with Gasteiger partial charge in [-0.15, -0.1) is 0 Å². The molecule has 0 unspecified atom stereocenters. The third kappa shape index (κ3) is 6.69. The maximum absolute atomic E-state index is 12.8. The summed E-state index contributed by atoms with van der Waals surface area (Å²) in [6.45, 7) is 3.39. The molecule has 0 bridgehead atoms. The number of amides is 3. The van der Waals surface area contributed by atoms with Gasteiger partial charge in [0.2, 0.25) is 5.91 Å². The second-order valence-corrected chi connectivity index (χ2v) is 5.84. The van der Waals surface area contributed by atoms with Crippen molar-refractivity contribution in [2.45, 2.75) is 20.3 Å². The van der Waals surface area contributed by atoms with Crippen molar-refractivity contribution in [3.05, 3.63) is 59.9 Å². The Hall–Kier alpha value is -3.55. The molecule has 2 aromatic carbocycles. The third-order valence-electron chi connectivity index (χ3n) is 3.37. The van der Waals surface area contributed by atoms with Gasteiger partial charge in [-0.05, 0) is 55.8 Å². The molecular formula is C19H19FN4O3. The number of nitrogens with zero attached hydrogens (tertiary/aromatic N) is 1. The zero-order chi connectivity index (χ0) is 19.8. The van der Waals surface area contributed by atoms with Crippen molar-refractivity contribution in [3.63, 3.8) is 0 Å². The molecule has 140 valence electrons. The largest absolute Gasteiger partial charge is 0.329 e. The van der Waals surface area contributed by atoms with E-state index in [2.05, 4.69) is 21.2 Å². The van der Waals surface area contributed by atoms with Gasteiger partial charge in [-0.1, -0.05) is 12.1 Å². The van der Waals surface area contributed by atoms with Crippen molar-refractivity contribution in [2.24, 2.45) is 5.10 Å². The van der Waals surface area contributed by atoms with Gasteiger partial charge in [0.05, 0.1) is 6.42 Å². The lowest BCUT2D eigenvalue weighted by atomic mass is 10.2. The number of anilines is 2. The van der Waals surface area contributed by atoms with Crippen LogP contribution in [0.15, 0.2) is 53.6 Å². The van der Waals surface area contributed by atoms with Crippen LogP contribution in [0.5, 0.6) is 0 Å². The van der Waals surface area contributed by atoms with Crippen molar-refractivity contribution >= 4 is 34.8 Å². The maximum atomic E-state index is 12.8. The molecule has 0 aliphatic carbocycles. The van der Waals surface area contributed by atoms with E-state index in [1.807, 2.05) is 13.0 Å². The van der Waals surface area contributed by atoms with Gasteiger partial charge in [-0.25, -0.2) is 9.82 Å². The molecule has 0 fully saturated rings. The molecule has 2 rings (SSSR count). The fourth-order valence-corrected chi connectivity index (χ4v) is 2.12. The molecule has 0 saturated carbocycles. The number of carbonyl (C=O) groups is 3. The van der Waals surface area contributed by atoms with Gasteiger partial charge in [-0.3, -0.25) is 14.4 Å². The average Bonchev–Trinajstić information content (AvgIpc) is 2.61. The minimum Gasteiger partial charge on any atom is -0.326 e. The monoisotopic (exact) mass is 370 g/mol. The maximum Gasteiger partial charge on any atom is 0.329 e. The zero-order valence-corrected chi connectivity index (χ0v) is 14.9. The number of rotatable bonds is 5. The Balaban J connectivity index is 1.82. The first-order valence-electron chi connectivity index (χ1n) is 8.10. The first-order valence-corrected chi connectivity index (χ1v) is 8.10. The SMILES string of the molecule is C/C(CC(=O)Nc1ccc(F)cc1)=N\NC(=O)C(=O)Nc1cccc(C)c1. The summed E-state index contributed by atoms with van der Waals surface area (Å²) in [5.74, 6) is -2.61. The predicted molar refractivity (Wildman–Crippen MR) is 101 cm³/mol. The first-order chi connectivity index (χ1) is 12.8. The molecule has 2 aromatic rings. The summed E-state index contributed by atoms with van der Waals surface area (Å²) in [5, 5.41) is 8.76. The standard InChI is InChI=1S/C19H19FN4O3/c1-12-4-3-5-16(10-12)22-18(26)19(27)24-23-13(2)11-17(25)21-15-8-6-14(20)7-9-15/h3-10H,11H2,1-2H3,(H,21,25)(H,22,26)(H,24,27)/b23-13+. The van der Waals surface area contributed by atoms with E-state index >= 15 is 0 Å². The fraction of sp³-hybridized carbons (Fsp3) is 0.158. The quantitative estimate of drug-likeness (QED) is 0.428. The van der Waals surface area contributed by atoms with Gasteiger partial charge in [0.25, 0.3) is 0 Å². The van der Waals surface area contributed by atoms with Crippen LogP contribution in [0.3, 0.4) is 0 Å². The van der Waals surface area contributed by atoms with Gasteiger partial charge in [0, 0.05) is 17.1 Å². The van der Waals surface area contributed by atoms with Crippen LogP contribution in [0.25, 0.3) is 0 Å². The highest BCUT2D eigenvalue weighted by Crippen LogP contribution is 2.09. The summed E-state index contributed by atoms with van der Waals surface area (Å²) in [6.07, 6.45) is -0.100. The Kier molecular flexibility index (Phi) is 6.76. The van der Waals surface area contributed by atoms with Crippen LogP contribution in [0.1, 0.15) is 18.9 Å². The summed E-state index contributed by atoms with van der Waals surface area (Å²) >= 11 is 0. The van der Waals surface area contributed by atoms with Crippen molar-refractivity contribution in [1.29, 1.82) is 0 Å². The second-order valence-electron chi connectivity index (χ2n) is 5.84. The Morgan fingerprint density at radius 2 is 1.67 bits per heavy atom. The molecule has 8 heteroatoms. The minimum atomic E-state index is -0.949. The molecule has 0 aromatic heterocycles. The molecule has 0 atom stereocenters. The number of hydrazone groups is 1. The van der Waals surface area contributed by atoms with Crippen molar-refractivity contribution in [1.82, 2.24) is 5.43 Å². The molecule has 7 nitrogen and oxygen atoms in total. The van der Waals surface area contributed by atoms with Crippen molar-refractivity contribution in [3.8, 4) is 0 Å². The summed E-state index contributed by atoms with van der Waals surface area (Å²) in [4.78, 5) is 35.5. The number of hydrogen-bond acceptors (Lipinski definition) is 4. The molecule has 3 amide bonds. The zero-order valence-electron chi connectivity index (χ0n) is 14.9. The lowest BCUT2D eigenvalue weighted by Crippen LogP contribution is -2.33. The number of aryl methyl sites for hydroxylation is 1. The first kappa shape index (κ1) is 19.8. The van der Waals surface area contributed by atoms with Gasteiger partial charge < -0.3 is 10.6 Å². The molecule has 0 aliphatic rings. The van der Waals surface area contributed by atoms with Gasteiger partial charge in [0.15, 0.2) is 0 Å². The highest BCUT2D eigenvalue weighted by molar-refractivity contribution is 6.39. The van der Waals surface area contributed by atoms with E-state index in [9.17, 15) is 18.8 Å². The van der Waals surface area contributed by atoms with Crippen molar-refractivity contribution in [2.75, 3.05) is 10.6 Å². The molecule has 0 heterocycles. The highest BCUT2D eigenvalue weighted by Gasteiger charge is 2.13. The number of hydrogen-bond donors (Lipinski definition) is 3. The Morgan fingerprint density at radius 3 is 2.33 bits per heavy atom. The Labute approximate surface area is 155 Å². The summed E-state index contributed by atoms with van der Waals surface area (Å²) in [5.41, 5.74) is 4.27. The second kappa shape index (κ2) is 9.23. The Morgan fingerprint density at radius 1 is 0.963 bits per heavy atom. The van der Waals surface area contributed by atoms with E-state index < -0.39 is 17.6 Å². The van der Waals surface area contributed by atoms with Crippen LogP contribution >= 0.6 is 0 Å². The number of nitrogens with one attached hydrogen (secondary N) is 3. The smallest absolute Gasteiger partial charge is 0.326 e. The predicted octanol–water partition coefficient (Wildman–Crippen LogP) is 2.59. The van der Waals surface area contributed by atoms with Gasteiger partial charge >= 0.3 is 11.8 Å². The van der Waals surface area contributed by atoms with Gasteiger partial charge in [-0.2, -0.15) is 5.10 Å². The number of benzene rings is 2. The summed E-state index contributed by atoms with van der Waals surface area (Å²) < 4.78 is 12.8. The van der Waals surface area contributed by atoms with Gasteiger partial charge in [0.1, 0.15) is 5.82 Å². The third-order valence-corrected chi connectivity index (χ3v) is 3.37. The van der Waals surface area contributed by atoms with Crippen LogP contribution < -0.4 is 16.1 Å². The normalized spacial score (nSPS) is 10.9. The number of halogens is 1. The number of carbonyl (C=O) groups excluding carboxylic acids is 3. The van der Waals surface area contributed by atoms with E-state index in [0.29, 0.717) is 17.1 Å². The minimum absolute atomic E-state index is 0.100. The molecular weight excluding hydrogens is 351 g/mol. The van der Waals surface area contributed by atoms with Crippen LogP contribution in [-0.2, 0) is 14.4 Å². The topological polar surface area (TPSA) is 99.7 Å². The van der Waals surface area contributed by atoms with E-state index in [1.165, 1.54) is 31.2 Å². The Bertz CT molecular complexity index is 879. The van der Waals surface area contributed by atoms with Crippen molar-refractivity contribution < 1.29 is 18.8 Å². The average molecular weight is 370 g/mol. The van der Waals surface area contributed by atoms with E-state index in [4.69, 9.17) is 0 Å². The van der Waals surface area contributed by atoms with E-state index in [-0.39, 0.29) is 12.3 Å². The van der Waals surface area contributed by atoms with Crippen LogP contribution in [-0.4, -0.2) is 23.4 Å². The van der Waals surface area contributed by atoms with Crippen LogP contribution in [0, 0.1) is 12.7 Å². The van der Waals surface area contributed by atoms with E-state index in [1.54, 1.807) is 18.2 Å². The molecule has 27 heavy (non-hydrogen) atoms. The fourth-order valence-electron chi connectivity index (χ4n) is 2.12. The van der Waals surface area contributed by atoms with Crippen LogP contribution in [0.4, 0.5) is 15.8 Å². The van der Waals surface area contributed by atoms with Crippen LogP contribution in [0.2, 0.25) is 0 Å².